The largest absolute Gasteiger partial charge is 0.490 e. The van der Waals surface area contributed by atoms with Crippen molar-refractivity contribution in [2.75, 3.05) is 11.9 Å². The van der Waals surface area contributed by atoms with E-state index >= 15 is 0 Å². The van der Waals surface area contributed by atoms with Gasteiger partial charge >= 0.3 is 0 Å². The molecule has 0 unspecified atom stereocenters. The van der Waals surface area contributed by atoms with Crippen LogP contribution in [0.3, 0.4) is 0 Å². The molecule has 0 radical (unpaired) electrons. The van der Waals surface area contributed by atoms with E-state index in [1.165, 1.54) is 11.1 Å². The van der Waals surface area contributed by atoms with Gasteiger partial charge in [0.25, 0.3) is 0 Å². The van der Waals surface area contributed by atoms with Crippen molar-refractivity contribution in [2.24, 2.45) is 0 Å². The summed E-state index contributed by atoms with van der Waals surface area (Å²) in [5.74, 6) is 1.56. The normalized spacial score (nSPS) is 10.5. The molecule has 0 heterocycles. The second kappa shape index (κ2) is 9.13. The maximum absolute atomic E-state index is 6.00. The minimum atomic E-state index is 0.529. The summed E-state index contributed by atoms with van der Waals surface area (Å²) in [6.45, 7) is 8.04. The van der Waals surface area contributed by atoms with Crippen LogP contribution in [-0.4, -0.2) is 6.61 Å². The number of hydrogen-bond acceptors (Lipinski definition) is 3. The molecular formula is C24H27NO2. The predicted molar refractivity (Wildman–Crippen MR) is 112 cm³/mol. The fourth-order valence-electron chi connectivity index (χ4n) is 2.85. The summed E-state index contributed by atoms with van der Waals surface area (Å²) in [6.07, 6.45) is 0. The topological polar surface area (TPSA) is 30.5 Å². The van der Waals surface area contributed by atoms with Crippen LogP contribution in [0.1, 0.15) is 29.2 Å². The Balaban J connectivity index is 1.67. The van der Waals surface area contributed by atoms with E-state index in [1.807, 2.05) is 13.0 Å². The van der Waals surface area contributed by atoms with E-state index in [4.69, 9.17) is 9.47 Å². The fraction of sp³-hybridized carbons (Fsp3) is 0.250. The number of ether oxygens (including phenoxy) is 2. The van der Waals surface area contributed by atoms with Crippen molar-refractivity contribution in [1.29, 1.82) is 0 Å². The molecule has 3 heteroatoms. The summed E-state index contributed by atoms with van der Waals surface area (Å²) in [5, 5.41) is 3.46. The molecule has 0 atom stereocenters. The molecule has 140 valence electrons. The lowest BCUT2D eigenvalue weighted by atomic mass is 10.1. The third-order valence-corrected chi connectivity index (χ3v) is 4.34. The zero-order valence-electron chi connectivity index (χ0n) is 16.3. The maximum Gasteiger partial charge on any atom is 0.161 e. The zero-order valence-corrected chi connectivity index (χ0v) is 16.3. The zero-order chi connectivity index (χ0) is 19.1. The summed E-state index contributed by atoms with van der Waals surface area (Å²) in [6, 6.07) is 22.9. The Kier molecular flexibility index (Phi) is 6.37. The van der Waals surface area contributed by atoms with Crippen LogP contribution in [0.15, 0.2) is 66.7 Å². The number of anilines is 1. The Morgan fingerprint density at radius 3 is 2.26 bits per heavy atom. The molecule has 27 heavy (non-hydrogen) atoms. The van der Waals surface area contributed by atoms with Gasteiger partial charge < -0.3 is 14.8 Å². The third kappa shape index (κ3) is 5.52. The van der Waals surface area contributed by atoms with E-state index in [9.17, 15) is 0 Å². The highest BCUT2D eigenvalue weighted by Gasteiger charge is 2.07. The molecule has 0 aliphatic carbocycles. The van der Waals surface area contributed by atoms with Gasteiger partial charge in [0.05, 0.1) is 6.61 Å². The number of aryl methyl sites for hydroxylation is 2. The molecule has 0 fully saturated rings. The van der Waals surface area contributed by atoms with Gasteiger partial charge in [0.2, 0.25) is 0 Å². The van der Waals surface area contributed by atoms with Crippen molar-refractivity contribution < 1.29 is 9.47 Å². The molecule has 3 aromatic carbocycles. The van der Waals surface area contributed by atoms with Crippen molar-refractivity contribution in [3.05, 3.63) is 89.0 Å². The Hall–Kier alpha value is -2.94. The summed E-state index contributed by atoms with van der Waals surface area (Å²) < 4.78 is 11.8. The van der Waals surface area contributed by atoms with E-state index in [0.717, 1.165) is 34.9 Å². The molecule has 0 saturated heterocycles. The summed E-state index contributed by atoms with van der Waals surface area (Å²) in [5.41, 5.74) is 5.91. The lowest BCUT2D eigenvalue weighted by Gasteiger charge is -2.14. The average Bonchev–Trinajstić information content (AvgIpc) is 2.67. The molecule has 1 N–H and O–H groups in total. The molecule has 0 bridgehead atoms. The summed E-state index contributed by atoms with van der Waals surface area (Å²) >= 11 is 0. The Labute approximate surface area is 162 Å². The first kappa shape index (κ1) is 18.8. The van der Waals surface area contributed by atoms with Crippen LogP contribution < -0.4 is 14.8 Å². The molecule has 0 aliphatic heterocycles. The number of hydrogen-bond donors (Lipinski definition) is 1. The maximum atomic E-state index is 6.00. The van der Waals surface area contributed by atoms with Crippen molar-refractivity contribution in [3.63, 3.8) is 0 Å². The predicted octanol–water partition coefficient (Wildman–Crippen LogP) is 5.89. The minimum Gasteiger partial charge on any atom is -0.490 e. The van der Waals surface area contributed by atoms with Gasteiger partial charge in [-0.2, -0.15) is 0 Å². The van der Waals surface area contributed by atoms with Crippen LogP contribution in [0.2, 0.25) is 0 Å². The van der Waals surface area contributed by atoms with Gasteiger partial charge in [-0.1, -0.05) is 48.0 Å². The van der Waals surface area contributed by atoms with Gasteiger partial charge in [0, 0.05) is 12.2 Å². The summed E-state index contributed by atoms with van der Waals surface area (Å²) in [7, 11) is 0. The van der Waals surface area contributed by atoms with E-state index in [1.54, 1.807) is 0 Å². The van der Waals surface area contributed by atoms with Crippen molar-refractivity contribution in [3.8, 4) is 11.5 Å². The first-order valence-electron chi connectivity index (χ1n) is 9.38. The highest BCUT2D eigenvalue weighted by molar-refractivity contribution is 5.48. The van der Waals surface area contributed by atoms with Gasteiger partial charge in [-0.05, 0) is 61.7 Å². The molecule has 3 rings (SSSR count). The van der Waals surface area contributed by atoms with E-state index in [0.29, 0.717) is 13.2 Å². The second-order valence-electron chi connectivity index (χ2n) is 6.71. The molecule has 0 amide bonds. The van der Waals surface area contributed by atoms with Crippen LogP contribution in [0.4, 0.5) is 5.69 Å². The molecule has 3 nitrogen and oxygen atoms in total. The minimum absolute atomic E-state index is 0.529. The lowest BCUT2D eigenvalue weighted by molar-refractivity contribution is 0.269. The Morgan fingerprint density at radius 2 is 1.52 bits per heavy atom. The van der Waals surface area contributed by atoms with Crippen LogP contribution in [0.5, 0.6) is 11.5 Å². The fourth-order valence-corrected chi connectivity index (χ4v) is 2.85. The third-order valence-electron chi connectivity index (χ3n) is 4.34. The molecular weight excluding hydrogens is 334 g/mol. The first-order chi connectivity index (χ1) is 13.1. The van der Waals surface area contributed by atoms with Gasteiger partial charge in [0.15, 0.2) is 11.5 Å². The standard InChI is InChI=1S/C24H27NO2/c1-4-26-24-15-21(16-25-22-7-5-6-19(3)14-22)12-13-23(24)27-17-20-10-8-18(2)9-11-20/h5-15,25H,4,16-17H2,1-3H3. The molecule has 3 aromatic rings. The number of nitrogens with one attached hydrogen (secondary N) is 1. The SMILES string of the molecule is CCOc1cc(CNc2cccc(C)c2)ccc1OCc1ccc(C)cc1. The first-order valence-corrected chi connectivity index (χ1v) is 9.38. The molecule has 0 spiro atoms. The highest BCUT2D eigenvalue weighted by atomic mass is 16.5. The lowest BCUT2D eigenvalue weighted by Crippen LogP contribution is -2.03. The van der Waals surface area contributed by atoms with E-state index in [-0.39, 0.29) is 0 Å². The van der Waals surface area contributed by atoms with Crippen molar-refractivity contribution in [1.82, 2.24) is 0 Å². The van der Waals surface area contributed by atoms with Gasteiger partial charge in [-0.3, -0.25) is 0 Å². The van der Waals surface area contributed by atoms with E-state index in [2.05, 4.69) is 79.8 Å². The highest BCUT2D eigenvalue weighted by Crippen LogP contribution is 2.29. The smallest absolute Gasteiger partial charge is 0.161 e. The average molecular weight is 361 g/mol. The van der Waals surface area contributed by atoms with Gasteiger partial charge in [-0.15, -0.1) is 0 Å². The van der Waals surface area contributed by atoms with Crippen LogP contribution in [0.25, 0.3) is 0 Å². The van der Waals surface area contributed by atoms with Crippen molar-refractivity contribution >= 4 is 5.69 Å². The number of rotatable bonds is 8. The van der Waals surface area contributed by atoms with E-state index < -0.39 is 0 Å². The summed E-state index contributed by atoms with van der Waals surface area (Å²) in [4.78, 5) is 0. The molecule has 0 aliphatic rings. The van der Waals surface area contributed by atoms with Crippen LogP contribution in [-0.2, 0) is 13.2 Å². The Morgan fingerprint density at radius 1 is 0.741 bits per heavy atom. The number of benzene rings is 3. The van der Waals surface area contributed by atoms with Crippen molar-refractivity contribution in [2.45, 2.75) is 33.9 Å². The monoisotopic (exact) mass is 361 g/mol. The second-order valence-corrected chi connectivity index (χ2v) is 6.71. The van der Waals surface area contributed by atoms with Crippen LogP contribution >= 0.6 is 0 Å². The quantitative estimate of drug-likeness (QED) is 0.542. The van der Waals surface area contributed by atoms with Crippen LogP contribution in [0, 0.1) is 13.8 Å². The van der Waals surface area contributed by atoms with Gasteiger partial charge in [0.1, 0.15) is 6.61 Å². The molecule has 0 saturated carbocycles. The molecule has 0 aromatic heterocycles. The van der Waals surface area contributed by atoms with Gasteiger partial charge in [-0.25, -0.2) is 0 Å². The Bertz CT molecular complexity index is 872.